The largest absolute Gasteiger partial charge is 0.382 e. The van der Waals surface area contributed by atoms with Crippen LogP contribution in [0.25, 0.3) is 0 Å². The van der Waals surface area contributed by atoms with E-state index in [2.05, 4.69) is 15.4 Å². The number of aliphatic hydroxyl groups is 1. The molecule has 2 N–H and O–H groups in total. The first-order chi connectivity index (χ1) is 12.5. The summed E-state index contributed by atoms with van der Waals surface area (Å²) < 4.78 is 28.9. The number of benzene rings is 2. The van der Waals surface area contributed by atoms with Crippen LogP contribution in [0, 0.1) is 11.6 Å². The van der Waals surface area contributed by atoms with Crippen molar-refractivity contribution in [2.75, 3.05) is 6.54 Å². The van der Waals surface area contributed by atoms with Gasteiger partial charge in [0.1, 0.15) is 29.9 Å². The zero-order chi connectivity index (χ0) is 18.6. The first kappa shape index (κ1) is 18.4. The van der Waals surface area contributed by atoms with Gasteiger partial charge in [-0.15, -0.1) is 0 Å². The Hall–Kier alpha value is -2.35. The van der Waals surface area contributed by atoms with Gasteiger partial charge in [0.25, 0.3) is 0 Å². The lowest BCUT2D eigenvalue weighted by molar-refractivity contribution is 0.0117. The van der Waals surface area contributed by atoms with Crippen molar-refractivity contribution in [3.63, 3.8) is 0 Å². The molecule has 1 heterocycles. The average molecular weight is 379 g/mol. The van der Waals surface area contributed by atoms with Gasteiger partial charge >= 0.3 is 0 Å². The predicted molar refractivity (Wildman–Crippen MR) is 93.4 cm³/mol. The molecule has 5 nitrogen and oxygen atoms in total. The van der Waals surface area contributed by atoms with Crippen molar-refractivity contribution < 1.29 is 13.9 Å². The summed E-state index contributed by atoms with van der Waals surface area (Å²) in [6.07, 6.45) is 2.74. The van der Waals surface area contributed by atoms with Crippen LogP contribution < -0.4 is 5.32 Å². The summed E-state index contributed by atoms with van der Waals surface area (Å²) in [6, 6.07) is 10.4. The minimum atomic E-state index is -1.66. The van der Waals surface area contributed by atoms with E-state index >= 15 is 0 Å². The van der Waals surface area contributed by atoms with Crippen molar-refractivity contribution >= 4 is 11.6 Å². The summed E-state index contributed by atoms with van der Waals surface area (Å²) in [4.78, 5) is 3.83. The van der Waals surface area contributed by atoms with Gasteiger partial charge in [0, 0.05) is 29.7 Å². The summed E-state index contributed by atoms with van der Waals surface area (Å²) in [5, 5.41) is 18.8. The molecule has 3 rings (SSSR count). The van der Waals surface area contributed by atoms with Crippen molar-refractivity contribution in [2.24, 2.45) is 0 Å². The molecule has 2 aromatic carbocycles. The van der Waals surface area contributed by atoms with Crippen molar-refractivity contribution in [3.05, 3.63) is 82.9 Å². The smallest absolute Gasteiger partial charge is 0.137 e. The minimum absolute atomic E-state index is 0.000631. The Bertz CT molecular complexity index is 875. The second-order valence-electron chi connectivity index (χ2n) is 5.94. The molecule has 3 aromatic rings. The minimum Gasteiger partial charge on any atom is -0.382 e. The average Bonchev–Trinajstić information content (AvgIpc) is 3.09. The van der Waals surface area contributed by atoms with Crippen molar-refractivity contribution in [3.8, 4) is 0 Å². The fourth-order valence-corrected chi connectivity index (χ4v) is 2.93. The summed E-state index contributed by atoms with van der Waals surface area (Å²) >= 11 is 6.12. The van der Waals surface area contributed by atoms with Gasteiger partial charge in [-0.3, -0.25) is 0 Å². The quantitative estimate of drug-likeness (QED) is 0.663. The van der Waals surface area contributed by atoms with Crippen LogP contribution in [-0.2, 0) is 18.7 Å². The summed E-state index contributed by atoms with van der Waals surface area (Å²) in [6.45, 7) is 0.327. The van der Waals surface area contributed by atoms with Crippen LogP contribution in [-0.4, -0.2) is 26.4 Å². The number of rotatable bonds is 7. The second kappa shape index (κ2) is 7.90. The molecule has 0 saturated heterocycles. The Morgan fingerprint density at radius 1 is 1.19 bits per heavy atom. The van der Waals surface area contributed by atoms with Gasteiger partial charge in [-0.25, -0.2) is 18.4 Å². The van der Waals surface area contributed by atoms with Crippen LogP contribution >= 0.6 is 11.6 Å². The van der Waals surface area contributed by atoms with Crippen LogP contribution in [0.15, 0.2) is 55.1 Å². The molecule has 1 aromatic heterocycles. The molecule has 0 fully saturated rings. The van der Waals surface area contributed by atoms with E-state index in [1.165, 1.54) is 23.4 Å². The number of aromatic nitrogens is 3. The van der Waals surface area contributed by atoms with Gasteiger partial charge in [0.2, 0.25) is 0 Å². The van der Waals surface area contributed by atoms with Crippen LogP contribution in [0.3, 0.4) is 0 Å². The molecule has 0 aliphatic heterocycles. The molecule has 0 aliphatic rings. The van der Waals surface area contributed by atoms with Crippen LogP contribution in [0.4, 0.5) is 8.78 Å². The molecular weight excluding hydrogens is 362 g/mol. The number of nitrogens with zero attached hydrogens (tertiary/aromatic N) is 3. The molecule has 0 aliphatic carbocycles. The van der Waals surface area contributed by atoms with E-state index in [0.29, 0.717) is 11.6 Å². The molecule has 0 bridgehead atoms. The van der Waals surface area contributed by atoms with Crippen LogP contribution in [0.2, 0.25) is 5.02 Å². The molecule has 26 heavy (non-hydrogen) atoms. The zero-order valence-electron chi connectivity index (χ0n) is 13.7. The molecular formula is C18H17ClF2N4O. The zero-order valence-corrected chi connectivity index (χ0v) is 14.5. The first-order valence-electron chi connectivity index (χ1n) is 7.92. The second-order valence-corrected chi connectivity index (χ2v) is 6.35. The number of hydrogen-bond acceptors (Lipinski definition) is 4. The maximum absolute atomic E-state index is 14.3. The predicted octanol–water partition coefficient (Wildman–Crippen LogP) is 2.89. The molecule has 0 radical (unpaired) electrons. The fourth-order valence-electron chi connectivity index (χ4n) is 2.73. The van der Waals surface area contributed by atoms with E-state index in [1.807, 2.05) is 18.2 Å². The standard InChI is InChI=1S/C18H17ClF2N4O/c19-16-4-2-1-3-13(16)8-22-9-18(26,10-25-12-23-11-24-25)15-6-5-14(20)7-17(15)21/h1-7,11-12,22,26H,8-10H2. The van der Waals surface area contributed by atoms with Crippen molar-refractivity contribution in [2.45, 2.75) is 18.7 Å². The Labute approximate surface area is 154 Å². The third kappa shape index (κ3) is 4.24. The summed E-state index contributed by atoms with van der Waals surface area (Å²) in [5.74, 6) is -1.54. The topological polar surface area (TPSA) is 63.0 Å². The maximum atomic E-state index is 14.3. The number of halogens is 3. The molecule has 0 saturated carbocycles. The molecule has 1 unspecified atom stereocenters. The van der Waals surface area contributed by atoms with Crippen LogP contribution in [0.1, 0.15) is 11.1 Å². The third-order valence-electron chi connectivity index (χ3n) is 4.01. The lowest BCUT2D eigenvalue weighted by atomic mass is 9.92. The molecule has 136 valence electrons. The van der Waals surface area contributed by atoms with Crippen LogP contribution in [0.5, 0.6) is 0 Å². The van der Waals surface area contributed by atoms with E-state index < -0.39 is 17.2 Å². The Morgan fingerprint density at radius 3 is 2.69 bits per heavy atom. The molecule has 1 atom stereocenters. The van der Waals surface area contributed by atoms with E-state index in [9.17, 15) is 13.9 Å². The molecule has 0 amide bonds. The van der Waals surface area contributed by atoms with Crippen molar-refractivity contribution in [1.82, 2.24) is 20.1 Å². The Kier molecular flexibility index (Phi) is 5.61. The number of nitrogens with one attached hydrogen (secondary N) is 1. The SMILES string of the molecule is OC(CNCc1ccccc1Cl)(Cn1cncn1)c1ccc(F)cc1F. The normalized spacial score (nSPS) is 13.5. The highest BCUT2D eigenvalue weighted by Gasteiger charge is 2.33. The monoisotopic (exact) mass is 378 g/mol. The van der Waals surface area contributed by atoms with E-state index in [1.54, 1.807) is 6.07 Å². The Morgan fingerprint density at radius 2 is 2.00 bits per heavy atom. The van der Waals surface area contributed by atoms with E-state index in [0.717, 1.165) is 17.7 Å². The summed E-state index contributed by atoms with van der Waals surface area (Å²) in [7, 11) is 0. The highest BCUT2D eigenvalue weighted by atomic mass is 35.5. The molecule has 8 heteroatoms. The van der Waals surface area contributed by atoms with Gasteiger partial charge in [-0.05, 0) is 17.7 Å². The van der Waals surface area contributed by atoms with Gasteiger partial charge in [0.15, 0.2) is 0 Å². The van der Waals surface area contributed by atoms with Gasteiger partial charge in [-0.1, -0.05) is 35.9 Å². The summed E-state index contributed by atoms with van der Waals surface area (Å²) in [5.41, 5.74) is -0.842. The van der Waals surface area contributed by atoms with Gasteiger partial charge < -0.3 is 10.4 Å². The number of hydrogen-bond donors (Lipinski definition) is 2. The van der Waals surface area contributed by atoms with Crippen molar-refractivity contribution in [1.29, 1.82) is 0 Å². The van der Waals surface area contributed by atoms with Gasteiger partial charge in [0.05, 0.1) is 6.54 Å². The lowest BCUT2D eigenvalue weighted by Gasteiger charge is -2.29. The van der Waals surface area contributed by atoms with E-state index in [4.69, 9.17) is 11.6 Å². The Balaban J connectivity index is 1.82. The third-order valence-corrected chi connectivity index (χ3v) is 4.38. The molecule has 0 spiro atoms. The highest BCUT2D eigenvalue weighted by molar-refractivity contribution is 6.31. The lowest BCUT2D eigenvalue weighted by Crippen LogP contribution is -2.42. The first-order valence-corrected chi connectivity index (χ1v) is 8.30. The fraction of sp³-hybridized carbons (Fsp3) is 0.222. The van der Waals surface area contributed by atoms with Gasteiger partial charge in [-0.2, -0.15) is 5.10 Å². The maximum Gasteiger partial charge on any atom is 0.137 e. The highest BCUT2D eigenvalue weighted by Crippen LogP contribution is 2.26. The van der Waals surface area contributed by atoms with E-state index in [-0.39, 0.29) is 18.7 Å².